The van der Waals surface area contributed by atoms with E-state index in [1.165, 1.54) is 0 Å². The first kappa shape index (κ1) is 12.4. The highest BCUT2D eigenvalue weighted by Gasteiger charge is 2.27. The summed E-state index contributed by atoms with van der Waals surface area (Å²) in [5, 5.41) is 0. The minimum Gasteiger partial charge on any atom is -0.377 e. The van der Waals surface area contributed by atoms with Crippen molar-refractivity contribution in [3.8, 4) is 0 Å². The third-order valence-electron chi connectivity index (χ3n) is 3.04. The van der Waals surface area contributed by atoms with E-state index >= 15 is 0 Å². The summed E-state index contributed by atoms with van der Waals surface area (Å²) in [5.41, 5.74) is 1.75. The van der Waals surface area contributed by atoms with Gasteiger partial charge in [-0.1, -0.05) is 18.2 Å². The first-order chi connectivity index (χ1) is 8.24. The molecule has 1 saturated heterocycles. The molecule has 1 aromatic rings. The lowest BCUT2D eigenvalue weighted by Gasteiger charge is -2.34. The number of nitrogens with zero attached hydrogens (tertiary/aromatic N) is 1. The summed E-state index contributed by atoms with van der Waals surface area (Å²) in [6.07, 6.45) is 0. The van der Waals surface area contributed by atoms with Crippen LogP contribution >= 0.6 is 11.6 Å². The molecule has 2 rings (SSSR count). The van der Waals surface area contributed by atoms with E-state index in [0.717, 1.165) is 11.1 Å². The van der Waals surface area contributed by atoms with Gasteiger partial charge in [0, 0.05) is 18.0 Å². The number of hydrogen-bond acceptors (Lipinski definition) is 2. The Balaban J connectivity index is 2.21. The van der Waals surface area contributed by atoms with Crippen LogP contribution in [0.25, 0.3) is 0 Å². The normalized spacial score (nSPS) is 20.4. The Morgan fingerprint density at radius 3 is 3.00 bits per heavy atom. The van der Waals surface area contributed by atoms with Crippen molar-refractivity contribution in [1.82, 2.24) is 4.90 Å². The molecule has 0 N–H and O–H groups in total. The molecule has 1 heterocycles. The maximum Gasteiger partial charge on any atom is 0.254 e. The first-order valence-corrected chi connectivity index (χ1v) is 6.28. The number of alkyl halides is 1. The molecule has 0 radical (unpaired) electrons. The number of halogens is 1. The molecule has 0 saturated carbocycles. The molecule has 92 valence electrons. The van der Waals surface area contributed by atoms with Crippen molar-refractivity contribution in [1.29, 1.82) is 0 Å². The van der Waals surface area contributed by atoms with Crippen molar-refractivity contribution in [2.24, 2.45) is 0 Å². The van der Waals surface area contributed by atoms with E-state index in [9.17, 15) is 4.79 Å². The molecular formula is C13H16ClNO2. The number of morpholine rings is 1. The molecular weight excluding hydrogens is 238 g/mol. The van der Waals surface area contributed by atoms with Crippen LogP contribution in [0.15, 0.2) is 24.3 Å². The SMILES string of the molecule is Cc1ccccc1C(=O)N1CCOCC1CCl. The van der Waals surface area contributed by atoms with E-state index in [4.69, 9.17) is 16.3 Å². The highest BCUT2D eigenvalue weighted by molar-refractivity contribution is 6.18. The minimum atomic E-state index is -0.0162. The van der Waals surface area contributed by atoms with Crippen molar-refractivity contribution in [3.05, 3.63) is 35.4 Å². The lowest BCUT2D eigenvalue weighted by molar-refractivity contribution is 0.00452. The van der Waals surface area contributed by atoms with Gasteiger partial charge >= 0.3 is 0 Å². The molecule has 0 bridgehead atoms. The highest BCUT2D eigenvalue weighted by Crippen LogP contribution is 2.16. The van der Waals surface area contributed by atoms with Crippen molar-refractivity contribution in [2.75, 3.05) is 25.6 Å². The number of rotatable bonds is 2. The van der Waals surface area contributed by atoms with Crippen LogP contribution in [0, 0.1) is 6.92 Å². The Bertz CT molecular complexity index is 408. The number of carbonyl (C=O) groups is 1. The third kappa shape index (κ3) is 2.61. The van der Waals surface area contributed by atoms with Gasteiger partial charge in [-0.15, -0.1) is 11.6 Å². The lowest BCUT2D eigenvalue weighted by Crippen LogP contribution is -2.49. The zero-order valence-corrected chi connectivity index (χ0v) is 10.6. The largest absolute Gasteiger partial charge is 0.377 e. The van der Waals surface area contributed by atoms with Gasteiger partial charge in [-0.25, -0.2) is 0 Å². The second-order valence-electron chi connectivity index (χ2n) is 4.20. The molecule has 0 spiro atoms. The van der Waals surface area contributed by atoms with E-state index in [1.54, 1.807) is 0 Å². The average Bonchev–Trinajstić information content (AvgIpc) is 2.38. The van der Waals surface area contributed by atoms with Gasteiger partial charge in [0.1, 0.15) is 0 Å². The summed E-state index contributed by atoms with van der Waals surface area (Å²) in [6, 6.07) is 7.61. The summed E-state index contributed by atoms with van der Waals surface area (Å²) >= 11 is 5.87. The molecule has 17 heavy (non-hydrogen) atoms. The fourth-order valence-corrected chi connectivity index (χ4v) is 2.27. The van der Waals surface area contributed by atoms with Crippen molar-refractivity contribution < 1.29 is 9.53 Å². The number of aryl methyl sites for hydroxylation is 1. The van der Waals surface area contributed by atoms with Crippen LogP contribution in [0.5, 0.6) is 0 Å². The van der Waals surface area contributed by atoms with Gasteiger partial charge in [-0.2, -0.15) is 0 Å². The number of ether oxygens (including phenoxy) is 1. The molecule has 1 atom stereocenters. The maximum atomic E-state index is 12.4. The van der Waals surface area contributed by atoms with E-state index in [0.29, 0.717) is 25.6 Å². The average molecular weight is 254 g/mol. The van der Waals surface area contributed by atoms with Crippen LogP contribution in [0.2, 0.25) is 0 Å². The summed E-state index contributed by atoms with van der Waals surface area (Å²) in [5.74, 6) is 0.467. The zero-order valence-electron chi connectivity index (χ0n) is 9.86. The van der Waals surface area contributed by atoms with Crippen LogP contribution in [-0.4, -0.2) is 42.5 Å². The fraction of sp³-hybridized carbons (Fsp3) is 0.462. The Morgan fingerprint density at radius 2 is 2.29 bits per heavy atom. The maximum absolute atomic E-state index is 12.4. The Labute approximate surface area is 106 Å². The molecule has 3 nitrogen and oxygen atoms in total. The quantitative estimate of drug-likeness (QED) is 0.756. The lowest BCUT2D eigenvalue weighted by atomic mass is 10.1. The second kappa shape index (κ2) is 5.52. The molecule has 1 unspecified atom stereocenters. The van der Waals surface area contributed by atoms with Gasteiger partial charge in [0.05, 0.1) is 19.3 Å². The first-order valence-electron chi connectivity index (χ1n) is 5.74. The van der Waals surface area contributed by atoms with Crippen molar-refractivity contribution in [3.63, 3.8) is 0 Å². The molecule has 1 aliphatic rings. The fourth-order valence-electron chi connectivity index (χ4n) is 2.02. The Hall–Kier alpha value is -1.06. The smallest absolute Gasteiger partial charge is 0.254 e. The number of benzene rings is 1. The Morgan fingerprint density at radius 1 is 1.53 bits per heavy atom. The second-order valence-corrected chi connectivity index (χ2v) is 4.51. The summed E-state index contributed by atoms with van der Waals surface area (Å²) in [6.45, 7) is 3.68. The van der Waals surface area contributed by atoms with E-state index < -0.39 is 0 Å². The number of amides is 1. The molecule has 1 aliphatic heterocycles. The molecule has 1 fully saturated rings. The van der Waals surface area contributed by atoms with Crippen LogP contribution < -0.4 is 0 Å². The predicted molar refractivity (Wildman–Crippen MR) is 67.5 cm³/mol. The van der Waals surface area contributed by atoms with E-state index in [-0.39, 0.29) is 11.9 Å². The summed E-state index contributed by atoms with van der Waals surface area (Å²) < 4.78 is 5.34. The number of hydrogen-bond donors (Lipinski definition) is 0. The van der Waals surface area contributed by atoms with Crippen LogP contribution in [-0.2, 0) is 4.74 Å². The van der Waals surface area contributed by atoms with Gasteiger partial charge in [-0.05, 0) is 18.6 Å². The van der Waals surface area contributed by atoms with E-state index in [2.05, 4.69) is 0 Å². The third-order valence-corrected chi connectivity index (χ3v) is 3.40. The van der Waals surface area contributed by atoms with Crippen molar-refractivity contribution in [2.45, 2.75) is 13.0 Å². The minimum absolute atomic E-state index is 0.0162. The van der Waals surface area contributed by atoms with Crippen LogP contribution in [0.3, 0.4) is 0 Å². The number of carbonyl (C=O) groups excluding carboxylic acids is 1. The zero-order chi connectivity index (χ0) is 12.3. The van der Waals surface area contributed by atoms with Crippen molar-refractivity contribution >= 4 is 17.5 Å². The molecule has 1 amide bonds. The van der Waals surface area contributed by atoms with Gasteiger partial charge in [0.25, 0.3) is 5.91 Å². The van der Waals surface area contributed by atoms with Gasteiger partial charge < -0.3 is 9.64 Å². The topological polar surface area (TPSA) is 29.5 Å². The predicted octanol–water partition coefficient (Wildman–Crippen LogP) is 2.07. The van der Waals surface area contributed by atoms with Crippen LogP contribution in [0.4, 0.5) is 0 Å². The molecule has 4 heteroatoms. The highest BCUT2D eigenvalue weighted by atomic mass is 35.5. The van der Waals surface area contributed by atoms with Gasteiger partial charge in [-0.3, -0.25) is 4.79 Å². The monoisotopic (exact) mass is 253 g/mol. The molecule has 1 aromatic carbocycles. The van der Waals surface area contributed by atoms with E-state index in [1.807, 2.05) is 36.1 Å². The summed E-state index contributed by atoms with van der Waals surface area (Å²) in [4.78, 5) is 14.2. The summed E-state index contributed by atoms with van der Waals surface area (Å²) in [7, 11) is 0. The van der Waals surface area contributed by atoms with Gasteiger partial charge in [0.15, 0.2) is 0 Å². The Kier molecular flexibility index (Phi) is 4.02. The van der Waals surface area contributed by atoms with Crippen LogP contribution in [0.1, 0.15) is 15.9 Å². The molecule has 0 aliphatic carbocycles. The standard InChI is InChI=1S/C13H16ClNO2/c1-10-4-2-3-5-12(10)13(16)15-6-7-17-9-11(15)8-14/h2-5,11H,6-9H2,1H3. The van der Waals surface area contributed by atoms with Gasteiger partial charge in [0.2, 0.25) is 0 Å². The molecule has 0 aromatic heterocycles.